The zero-order chi connectivity index (χ0) is 21.0. The van der Waals surface area contributed by atoms with E-state index in [1.807, 2.05) is 17.0 Å². The summed E-state index contributed by atoms with van der Waals surface area (Å²) in [7, 11) is 0. The van der Waals surface area contributed by atoms with Gasteiger partial charge in [0.05, 0.1) is 5.41 Å². The second-order valence-electron chi connectivity index (χ2n) is 9.03. The minimum Gasteiger partial charge on any atom is -0.369 e. The summed E-state index contributed by atoms with van der Waals surface area (Å²) in [5.74, 6) is 0.405. The fourth-order valence-corrected chi connectivity index (χ4v) is 5.04. The first kappa shape index (κ1) is 20.6. The second-order valence-corrected chi connectivity index (χ2v) is 9.03. The number of benzene rings is 1. The summed E-state index contributed by atoms with van der Waals surface area (Å²) < 4.78 is 0. The molecule has 1 saturated carbocycles. The van der Waals surface area contributed by atoms with E-state index in [9.17, 15) is 9.59 Å². The maximum atomic E-state index is 12.8. The van der Waals surface area contributed by atoms with E-state index in [1.54, 1.807) is 12.4 Å². The van der Waals surface area contributed by atoms with Gasteiger partial charge in [-0.3, -0.25) is 14.6 Å². The van der Waals surface area contributed by atoms with Gasteiger partial charge in [-0.1, -0.05) is 43.5 Å². The molecule has 0 unspecified atom stereocenters. The van der Waals surface area contributed by atoms with Gasteiger partial charge in [0.1, 0.15) is 0 Å². The fraction of sp³-hybridized carbons (Fsp3) is 0.480. The van der Waals surface area contributed by atoms with Gasteiger partial charge < -0.3 is 10.6 Å². The Labute approximate surface area is 178 Å². The molecule has 0 radical (unpaired) electrons. The number of nitrogens with zero attached hydrogens (tertiary/aromatic N) is 2. The molecule has 1 aromatic carbocycles. The van der Waals surface area contributed by atoms with E-state index >= 15 is 0 Å². The smallest absolute Gasteiger partial charge is 0.225 e. The van der Waals surface area contributed by atoms with Gasteiger partial charge in [0.25, 0.3) is 0 Å². The van der Waals surface area contributed by atoms with Crippen LogP contribution in [0.4, 0.5) is 0 Å². The van der Waals surface area contributed by atoms with Crippen molar-refractivity contribution >= 4 is 11.8 Å². The molecule has 1 atom stereocenters. The van der Waals surface area contributed by atoms with Crippen molar-refractivity contribution in [2.24, 2.45) is 17.1 Å². The maximum Gasteiger partial charge on any atom is 0.225 e. The van der Waals surface area contributed by atoms with Crippen LogP contribution in [0.3, 0.4) is 0 Å². The molecule has 1 saturated heterocycles. The monoisotopic (exact) mass is 405 g/mol. The molecule has 2 amide bonds. The van der Waals surface area contributed by atoms with Crippen molar-refractivity contribution in [1.29, 1.82) is 0 Å². The average Bonchev–Trinajstić information content (AvgIpc) is 3.21. The quantitative estimate of drug-likeness (QED) is 0.790. The van der Waals surface area contributed by atoms with Gasteiger partial charge in [-0.15, -0.1) is 0 Å². The van der Waals surface area contributed by atoms with E-state index < -0.39 is 5.41 Å². The van der Waals surface area contributed by atoms with Gasteiger partial charge in [0.2, 0.25) is 11.8 Å². The first-order valence-electron chi connectivity index (χ1n) is 11.1. The molecule has 5 heteroatoms. The molecule has 2 fully saturated rings. The first-order valence-corrected chi connectivity index (χ1v) is 11.1. The van der Waals surface area contributed by atoms with Crippen molar-refractivity contribution in [3.8, 4) is 11.1 Å². The Kier molecular flexibility index (Phi) is 6.16. The molecule has 0 bridgehead atoms. The Bertz CT molecular complexity index is 875. The minimum absolute atomic E-state index is 0.193. The molecule has 1 aliphatic carbocycles. The molecule has 5 nitrogen and oxygen atoms in total. The van der Waals surface area contributed by atoms with E-state index in [-0.39, 0.29) is 11.8 Å². The Morgan fingerprint density at radius 1 is 1.00 bits per heavy atom. The van der Waals surface area contributed by atoms with Crippen LogP contribution in [0.25, 0.3) is 11.1 Å². The number of likely N-dealkylation sites (tertiary alicyclic amines) is 1. The lowest BCUT2D eigenvalue weighted by atomic mass is 9.80. The highest BCUT2D eigenvalue weighted by atomic mass is 16.2. The van der Waals surface area contributed by atoms with Crippen LogP contribution in [0.5, 0.6) is 0 Å². The number of amides is 2. The van der Waals surface area contributed by atoms with Crippen molar-refractivity contribution in [2.75, 3.05) is 13.1 Å². The minimum atomic E-state index is -0.666. The number of aromatic nitrogens is 1. The van der Waals surface area contributed by atoms with Gasteiger partial charge in [0.15, 0.2) is 0 Å². The van der Waals surface area contributed by atoms with E-state index in [1.165, 1.54) is 19.3 Å². The highest BCUT2D eigenvalue weighted by Crippen LogP contribution is 2.36. The molecule has 2 aromatic rings. The summed E-state index contributed by atoms with van der Waals surface area (Å²) in [5.41, 5.74) is 8.50. The second kappa shape index (κ2) is 8.99. The van der Waals surface area contributed by atoms with Crippen molar-refractivity contribution < 1.29 is 9.59 Å². The normalized spacial score (nSPS) is 22.2. The number of carbonyl (C=O) groups is 2. The number of pyridine rings is 1. The van der Waals surface area contributed by atoms with Crippen LogP contribution < -0.4 is 5.73 Å². The van der Waals surface area contributed by atoms with E-state index in [0.29, 0.717) is 38.3 Å². The fourth-order valence-electron chi connectivity index (χ4n) is 5.04. The van der Waals surface area contributed by atoms with Crippen LogP contribution >= 0.6 is 0 Å². The molecule has 2 heterocycles. The third-order valence-electron chi connectivity index (χ3n) is 6.93. The number of rotatable bonds is 6. The lowest BCUT2D eigenvalue weighted by Crippen LogP contribution is -2.42. The lowest BCUT2D eigenvalue weighted by molar-refractivity contribution is -0.133. The standard InChI is InChI=1S/C25H31N3O2/c26-24(30)25(12-15-28(18-25)23(29)16-19-4-2-1-3-5-19)17-20-6-8-21(9-7-20)22-10-13-27-14-11-22/h6-11,13-14,19H,1-5,12,15-18H2,(H2,26,30)/t25-/m0/s1. The summed E-state index contributed by atoms with van der Waals surface area (Å²) in [6, 6.07) is 12.2. The summed E-state index contributed by atoms with van der Waals surface area (Å²) in [5, 5.41) is 0. The van der Waals surface area contributed by atoms with E-state index in [0.717, 1.165) is 29.5 Å². The Morgan fingerprint density at radius 3 is 2.33 bits per heavy atom. The molecule has 30 heavy (non-hydrogen) atoms. The van der Waals surface area contributed by atoms with Gasteiger partial charge in [0, 0.05) is 31.9 Å². The maximum absolute atomic E-state index is 12.8. The number of hydrogen-bond acceptors (Lipinski definition) is 3. The average molecular weight is 406 g/mol. The molecule has 1 aliphatic heterocycles. The zero-order valence-corrected chi connectivity index (χ0v) is 17.6. The van der Waals surface area contributed by atoms with Gasteiger partial charge in [-0.2, -0.15) is 0 Å². The molecule has 2 aliphatic rings. The molecule has 2 N–H and O–H groups in total. The third kappa shape index (κ3) is 4.55. The molecule has 4 rings (SSSR count). The van der Waals surface area contributed by atoms with Crippen LogP contribution in [-0.2, 0) is 16.0 Å². The van der Waals surface area contributed by atoms with E-state index in [4.69, 9.17) is 5.73 Å². The van der Waals surface area contributed by atoms with Crippen LogP contribution in [-0.4, -0.2) is 34.8 Å². The predicted molar refractivity (Wildman–Crippen MR) is 117 cm³/mol. The number of carbonyl (C=O) groups excluding carboxylic acids is 2. The molecular formula is C25H31N3O2. The van der Waals surface area contributed by atoms with Gasteiger partial charge >= 0.3 is 0 Å². The zero-order valence-electron chi connectivity index (χ0n) is 17.6. The summed E-state index contributed by atoms with van der Waals surface area (Å²) in [6.07, 6.45) is 11.5. The topological polar surface area (TPSA) is 76.3 Å². The molecular weight excluding hydrogens is 374 g/mol. The van der Waals surface area contributed by atoms with Crippen molar-refractivity contribution in [1.82, 2.24) is 9.88 Å². The van der Waals surface area contributed by atoms with Crippen molar-refractivity contribution in [3.63, 3.8) is 0 Å². The Balaban J connectivity index is 1.42. The van der Waals surface area contributed by atoms with Crippen LogP contribution in [0.2, 0.25) is 0 Å². The van der Waals surface area contributed by atoms with Crippen LogP contribution in [0.1, 0.15) is 50.5 Å². The highest BCUT2D eigenvalue weighted by Gasteiger charge is 2.44. The largest absolute Gasteiger partial charge is 0.369 e. The van der Waals surface area contributed by atoms with E-state index in [2.05, 4.69) is 29.2 Å². The first-order chi connectivity index (χ1) is 14.6. The molecule has 1 aromatic heterocycles. The van der Waals surface area contributed by atoms with Crippen LogP contribution in [0, 0.1) is 11.3 Å². The third-order valence-corrected chi connectivity index (χ3v) is 6.93. The lowest BCUT2D eigenvalue weighted by Gasteiger charge is -2.27. The number of nitrogens with two attached hydrogens (primary N) is 1. The van der Waals surface area contributed by atoms with Crippen LogP contribution in [0.15, 0.2) is 48.8 Å². The summed E-state index contributed by atoms with van der Waals surface area (Å²) in [6.45, 7) is 1.07. The molecule has 158 valence electrons. The highest BCUT2D eigenvalue weighted by molar-refractivity contribution is 5.84. The number of primary amides is 1. The summed E-state index contributed by atoms with van der Waals surface area (Å²) in [4.78, 5) is 31.2. The SMILES string of the molecule is NC(=O)[C@]1(Cc2ccc(-c3ccncc3)cc2)CCN(C(=O)CC2CCCCC2)C1. The molecule has 0 spiro atoms. The van der Waals surface area contributed by atoms with Gasteiger partial charge in [-0.25, -0.2) is 0 Å². The van der Waals surface area contributed by atoms with Crippen molar-refractivity contribution in [2.45, 2.75) is 51.4 Å². The Morgan fingerprint density at radius 2 is 1.67 bits per heavy atom. The number of hydrogen-bond donors (Lipinski definition) is 1. The summed E-state index contributed by atoms with van der Waals surface area (Å²) >= 11 is 0. The Hall–Kier alpha value is -2.69. The predicted octanol–water partition coefficient (Wildman–Crippen LogP) is 3.97. The van der Waals surface area contributed by atoms with Crippen molar-refractivity contribution in [3.05, 3.63) is 54.4 Å². The van der Waals surface area contributed by atoms with Gasteiger partial charge in [-0.05, 0) is 60.4 Å².